The molecule has 5 nitrogen and oxygen atoms in total. The number of hydrogen-bond donors (Lipinski definition) is 1. The van der Waals surface area contributed by atoms with E-state index in [1.54, 1.807) is 6.07 Å². The molecule has 1 aliphatic heterocycles. The molecule has 0 unspecified atom stereocenters. The van der Waals surface area contributed by atoms with Gasteiger partial charge in [0.05, 0.1) is 13.2 Å². The number of nitrogens with two attached hydrogens (primary N) is 1. The second-order valence-electron chi connectivity index (χ2n) is 4.34. The summed E-state index contributed by atoms with van der Waals surface area (Å²) in [4.78, 5) is 6.08. The van der Waals surface area contributed by atoms with Gasteiger partial charge in [0.15, 0.2) is 6.61 Å². The van der Waals surface area contributed by atoms with Crippen molar-refractivity contribution in [2.24, 2.45) is 5.73 Å². The third-order valence-corrected chi connectivity index (χ3v) is 2.84. The van der Waals surface area contributed by atoms with Crippen LogP contribution in [0.15, 0.2) is 12.1 Å². The van der Waals surface area contributed by atoms with E-state index in [2.05, 4.69) is 9.72 Å². The summed E-state index contributed by atoms with van der Waals surface area (Å²) >= 11 is 0. The molecule has 0 atom stereocenters. The Balaban J connectivity index is 0.00000220. The first-order chi connectivity index (χ1) is 9.49. The standard InChI is InChI=1S/C12H16F3N3O2.ClH/c13-12(14,15)8-20-10-2-1-9(7-16)11(17-10)18-3-5-19-6-4-18;/h1-2H,3-8,16H2;1H. The van der Waals surface area contributed by atoms with Gasteiger partial charge in [-0.1, -0.05) is 0 Å². The van der Waals surface area contributed by atoms with Crippen LogP contribution in [0.5, 0.6) is 5.88 Å². The third-order valence-electron chi connectivity index (χ3n) is 2.84. The molecule has 1 fully saturated rings. The molecular formula is C12H17ClF3N3O2. The van der Waals surface area contributed by atoms with Crippen molar-refractivity contribution in [3.05, 3.63) is 17.7 Å². The summed E-state index contributed by atoms with van der Waals surface area (Å²) in [6, 6.07) is 3.04. The zero-order valence-electron chi connectivity index (χ0n) is 11.2. The fourth-order valence-corrected chi connectivity index (χ4v) is 1.90. The van der Waals surface area contributed by atoms with Crippen molar-refractivity contribution in [1.29, 1.82) is 0 Å². The van der Waals surface area contributed by atoms with Gasteiger partial charge < -0.3 is 20.1 Å². The van der Waals surface area contributed by atoms with Crippen LogP contribution in [0.3, 0.4) is 0 Å². The highest BCUT2D eigenvalue weighted by Crippen LogP contribution is 2.24. The van der Waals surface area contributed by atoms with Gasteiger partial charge in [0.25, 0.3) is 0 Å². The van der Waals surface area contributed by atoms with E-state index in [4.69, 9.17) is 10.5 Å². The SMILES string of the molecule is Cl.NCc1ccc(OCC(F)(F)F)nc1N1CCOCC1. The molecule has 0 aliphatic carbocycles. The predicted octanol–water partition coefficient (Wildman–Crippen LogP) is 1.74. The van der Waals surface area contributed by atoms with Gasteiger partial charge in [0.1, 0.15) is 5.82 Å². The van der Waals surface area contributed by atoms with Crippen molar-refractivity contribution >= 4 is 18.2 Å². The van der Waals surface area contributed by atoms with Crippen LogP contribution < -0.4 is 15.4 Å². The minimum Gasteiger partial charge on any atom is -0.468 e. The number of rotatable bonds is 4. The molecule has 0 saturated carbocycles. The maximum atomic E-state index is 12.1. The van der Waals surface area contributed by atoms with Crippen molar-refractivity contribution < 1.29 is 22.6 Å². The molecule has 1 aliphatic rings. The minimum atomic E-state index is -4.38. The van der Waals surface area contributed by atoms with Gasteiger partial charge >= 0.3 is 6.18 Å². The largest absolute Gasteiger partial charge is 0.468 e. The zero-order chi connectivity index (χ0) is 14.6. The van der Waals surface area contributed by atoms with Crippen LogP contribution in [0.25, 0.3) is 0 Å². The number of halogens is 4. The summed E-state index contributed by atoms with van der Waals surface area (Å²) in [6.45, 7) is 1.27. The lowest BCUT2D eigenvalue weighted by Crippen LogP contribution is -2.37. The summed E-state index contributed by atoms with van der Waals surface area (Å²) in [5.41, 5.74) is 6.40. The van der Waals surface area contributed by atoms with Crippen LogP contribution >= 0.6 is 12.4 Å². The number of aromatic nitrogens is 1. The molecule has 2 heterocycles. The normalized spacial score (nSPS) is 15.5. The molecule has 21 heavy (non-hydrogen) atoms. The predicted molar refractivity (Wildman–Crippen MR) is 74.0 cm³/mol. The van der Waals surface area contributed by atoms with Gasteiger partial charge in [-0.2, -0.15) is 18.2 Å². The topological polar surface area (TPSA) is 60.6 Å². The first kappa shape index (κ1) is 17.8. The molecule has 1 aromatic heterocycles. The molecule has 1 aromatic rings. The third kappa shape index (κ3) is 5.22. The van der Waals surface area contributed by atoms with Crippen LogP contribution in [0, 0.1) is 0 Å². The van der Waals surface area contributed by atoms with Crippen molar-refractivity contribution in [1.82, 2.24) is 4.98 Å². The highest BCUT2D eigenvalue weighted by atomic mass is 35.5. The van der Waals surface area contributed by atoms with Crippen LogP contribution in [-0.4, -0.2) is 44.1 Å². The zero-order valence-corrected chi connectivity index (χ0v) is 12.0. The van der Waals surface area contributed by atoms with Crippen LogP contribution in [0.4, 0.5) is 19.0 Å². The van der Waals surface area contributed by atoms with Crippen LogP contribution in [0.2, 0.25) is 0 Å². The number of alkyl halides is 3. The van der Waals surface area contributed by atoms with Gasteiger partial charge in [-0.25, -0.2) is 0 Å². The second-order valence-corrected chi connectivity index (χ2v) is 4.34. The van der Waals surface area contributed by atoms with Crippen molar-refractivity contribution in [3.8, 4) is 5.88 Å². The Morgan fingerprint density at radius 2 is 1.95 bits per heavy atom. The molecule has 9 heteroatoms. The van der Waals surface area contributed by atoms with Gasteiger partial charge in [-0.05, 0) is 6.07 Å². The Labute approximate surface area is 126 Å². The summed E-state index contributed by atoms with van der Waals surface area (Å²) in [7, 11) is 0. The van der Waals surface area contributed by atoms with Crippen LogP contribution in [0.1, 0.15) is 5.56 Å². The van der Waals surface area contributed by atoms with E-state index in [9.17, 15) is 13.2 Å². The number of nitrogens with zero attached hydrogens (tertiary/aromatic N) is 2. The number of anilines is 1. The van der Waals surface area contributed by atoms with Crippen molar-refractivity contribution in [2.45, 2.75) is 12.7 Å². The number of ether oxygens (including phenoxy) is 2. The van der Waals surface area contributed by atoms with Gasteiger partial charge in [0.2, 0.25) is 5.88 Å². The maximum absolute atomic E-state index is 12.1. The lowest BCUT2D eigenvalue weighted by molar-refractivity contribution is -0.154. The summed E-state index contributed by atoms with van der Waals surface area (Å²) in [6.07, 6.45) is -4.38. The summed E-state index contributed by atoms with van der Waals surface area (Å²) < 4.78 is 46.3. The number of morpholine rings is 1. The highest BCUT2D eigenvalue weighted by molar-refractivity contribution is 5.85. The monoisotopic (exact) mass is 327 g/mol. The summed E-state index contributed by atoms with van der Waals surface area (Å²) in [5, 5.41) is 0. The molecular weight excluding hydrogens is 311 g/mol. The fourth-order valence-electron chi connectivity index (χ4n) is 1.90. The smallest absolute Gasteiger partial charge is 0.422 e. The average Bonchev–Trinajstić information content (AvgIpc) is 2.45. The van der Waals surface area contributed by atoms with Crippen molar-refractivity contribution in [2.75, 3.05) is 37.8 Å². The molecule has 0 bridgehead atoms. The van der Waals surface area contributed by atoms with E-state index >= 15 is 0 Å². The van der Waals surface area contributed by atoms with E-state index in [-0.39, 0.29) is 24.8 Å². The maximum Gasteiger partial charge on any atom is 0.422 e. The van der Waals surface area contributed by atoms with Crippen LogP contribution in [-0.2, 0) is 11.3 Å². The number of pyridine rings is 1. The molecule has 120 valence electrons. The van der Waals surface area contributed by atoms with E-state index in [1.165, 1.54) is 6.07 Å². The Morgan fingerprint density at radius 1 is 1.29 bits per heavy atom. The first-order valence-electron chi connectivity index (χ1n) is 6.22. The highest BCUT2D eigenvalue weighted by Gasteiger charge is 2.29. The molecule has 0 spiro atoms. The summed E-state index contributed by atoms with van der Waals surface area (Å²) in [5.74, 6) is 0.511. The Kier molecular flexibility index (Phi) is 6.50. The lowest BCUT2D eigenvalue weighted by Gasteiger charge is -2.29. The van der Waals surface area contributed by atoms with E-state index < -0.39 is 12.8 Å². The van der Waals surface area contributed by atoms with Gasteiger partial charge in [-0.15, -0.1) is 12.4 Å². The van der Waals surface area contributed by atoms with Gasteiger partial charge in [-0.3, -0.25) is 0 Å². The quantitative estimate of drug-likeness (QED) is 0.913. The Bertz CT molecular complexity index is 454. The molecule has 2 rings (SSSR count). The molecule has 2 N–H and O–H groups in total. The average molecular weight is 328 g/mol. The molecule has 0 radical (unpaired) electrons. The molecule has 0 amide bonds. The fraction of sp³-hybridized carbons (Fsp3) is 0.583. The molecule has 1 saturated heterocycles. The number of hydrogen-bond acceptors (Lipinski definition) is 5. The van der Waals surface area contributed by atoms with E-state index in [1.807, 2.05) is 4.90 Å². The minimum absolute atomic E-state index is 0. The first-order valence-corrected chi connectivity index (χ1v) is 6.22. The lowest BCUT2D eigenvalue weighted by atomic mass is 10.2. The Hall–Kier alpha value is -1.25. The van der Waals surface area contributed by atoms with E-state index in [0.717, 1.165) is 5.56 Å². The van der Waals surface area contributed by atoms with Crippen molar-refractivity contribution in [3.63, 3.8) is 0 Å². The Morgan fingerprint density at radius 3 is 2.52 bits per heavy atom. The second kappa shape index (κ2) is 7.67. The molecule has 0 aromatic carbocycles. The van der Waals surface area contributed by atoms with Gasteiger partial charge in [0, 0.05) is 31.3 Å². The van der Waals surface area contributed by atoms with E-state index in [0.29, 0.717) is 32.1 Å².